The van der Waals surface area contributed by atoms with Crippen LogP contribution in [0, 0.1) is 0 Å². The summed E-state index contributed by atoms with van der Waals surface area (Å²) in [4.78, 5) is 53.2. The summed E-state index contributed by atoms with van der Waals surface area (Å²) in [6.07, 6.45) is 1.60. The third-order valence-electron chi connectivity index (χ3n) is 5.80. The smallest absolute Gasteiger partial charge is 0.329 e. The van der Waals surface area contributed by atoms with Gasteiger partial charge in [0.15, 0.2) is 12.4 Å². The quantitative estimate of drug-likeness (QED) is 0.499. The van der Waals surface area contributed by atoms with Crippen LogP contribution < -0.4 is 10.6 Å². The third-order valence-corrected chi connectivity index (χ3v) is 5.80. The summed E-state index contributed by atoms with van der Waals surface area (Å²) in [6.45, 7) is -0.290. The molecule has 0 radical (unpaired) electrons. The number of benzene rings is 2. The second-order valence-corrected chi connectivity index (χ2v) is 8.10. The van der Waals surface area contributed by atoms with Gasteiger partial charge in [-0.1, -0.05) is 42.5 Å². The van der Waals surface area contributed by atoms with Gasteiger partial charge in [0.1, 0.15) is 6.04 Å². The number of amides is 3. The van der Waals surface area contributed by atoms with Crippen LogP contribution in [0.15, 0.2) is 77.4 Å². The first kappa shape index (κ1) is 23.7. The lowest BCUT2D eigenvalue weighted by Gasteiger charge is -2.35. The van der Waals surface area contributed by atoms with Crippen LogP contribution >= 0.6 is 0 Å². The molecule has 2 aromatic carbocycles. The van der Waals surface area contributed by atoms with Crippen molar-refractivity contribution in [2.24, 2.45) is 5.73 Å². The Morgan fingerprint density at radius 3 is 2.37 bits per heavy atom. The molecule has 1 aromatic heterocycles. The van der Waals surface area contributed by atoms with Crippen molar-refractivity contribution in [3.05, 3.63) is 89.9 Å². The van der Waals surface area contributed by atoms with E-state index in [1.165, 1.54) is 22.1 Å². The van der Waals surface area contributed by atoms with Crippen LogP contribution in [0.1, 0.15) is 28.1 Å². The van der Waals surface area contributed by atoms with Crippen LogP contribution in [0.4, 0.5) is 5.69 Å². The number of rotatable bonds is 8. The van der Waals surface area contributed by atoms with Crippen LogP contribution in [0.3, 0.4) is 0 Å². The van der Waals surface area contributed by atoms with E-state index in [0.717, 1.165) is 11.1 Å². The molecule has 9 heteroatoms. The summed E-state index contributed by atoms with van der Waals surface area (Å²) in [5.74, 6) is -2.09. The molecule has 1 aliphatic rings. The molecule has 180 valence electrons. The normalized spacial score (nSPS) is 14.6. The van der Waals surface area contributed by atoms with Gasteiger partial charge in [-0.3, -0.25) is 14.4 Å². The Bertz CT molecular complexity index is 1210. The number of primary amides is 1. The highest BCUT2D eigenvalue weighted by molar-refractivity contribution is 5.97. The summed E-state index contributed by atoms with van der Waals surface area (Å²) in [5, 5.41) is 0. The molecule has 0 fully saturated rings. The van der Waals surface area contributed by atoms with Crippen LogP contribution in [0.25, 0.3) is 0 Å². The zero-order chi connectivity index (χ0) is 24.8. The SMILES string of the molecule is NC(=O)CCN(C(=O)COC(=O)[C@@H]1Cc2ccccc2CN1C(=O)c1ccco1)c1ccccc1. The van der Waals surface area contributed by atoms with E-state index in [4.69, 9.17) is 14.9 Å². The van der Waals surface area contributed by atoms with Crippen molar-refractivity contribution in [2.45, 2.75) is 25.4 Å². The molecule has 1 atom stereocenters. The minimum atomic E-state index is -0.925. The molecule has 0 aliphatic carbocycles. The van der Waals surface area contributed by atoms with Crippen molar-refractivity contribution in [1.82, 2.24) is 4.90 Å². The van der Waals surface area contributed by atoms with Crippen molar-refractivity contribution < 1.29 is 28.3 Å². The lowest BCUT2D eigenvalue weighted by Crippen LogP contribution is -2.50. The van der Waals surface area contributed by atoms with Gasteiger partial charge in [-0.2, -0.15) is 0 Å². The Morgan fingerprint density at radius 1 is 0.971 bits per heavy atom. The minimum absolute atomic E-state index is 0.0422. The zero-order valence-electron chi connectivity index (χ0n) is 19.0. The maximum absolute atomic E-state index is 13.1. The summed E-state index contributed by atoms with van der Waals surface area (Å²) in [6, 6.07) is 18.5. The lowest BCUT2D eigenvalue weighted by atomic mass is 9.93. The summed E-state index contributed by atoms with van der Waals surface area (Å²) < 4.78 is 10.6. The van der Waals surface area contributed by atoms with Crippen molar-refractivity contribution in [3.63, 3.8) is 0 Å². The van der Waals surface area contributed by atoms with Crippen LogP contribution in [-0.2, 0) is 32.1 Å². The summed E-state index contributed by atoms with van der Waals surface area (Å²) in [7, 11) is 0. The molecule has 1 aliphatic heterocycles. The Kier molecular flexibility index (Phi) is 7.25. The van der Waals surface area contributed by atoms with Gasteiger partial charge in [-0.05, 0) is 35.4 Å². The van der Waals surface area contributed by atoms with E-state index in [-0.39, 0.29) is 31.7 Å². The van der Waals surface area contributed by atoms with E-state index in [1.807, 2.05) is 24.3 Å². The third kappa shape index (κ3) is 5.57. The van der Waals surface area contributed by atoms with Crippen LogP contribution in [0.2, 0.25) is 0 Å². The molecular weight excluding hydrogens is 450 g/mol. The monoisotopic (exact) mass is 475 g/mol. The number of carbonyl (C=O) groups excluding carboxylic acids is 4. The Labute approximate surface area is 202 Å². The van der Waals surface area contributed by atoms with Crippen molar-refractivity contribution in [3.8, 4) is 0 Å². The van der Waals surface area contributed by atoms with E-state index in [0.29, 0.717) is 5.69 Å². The van der Waals surface area contributed by atoms with Crippen molar-refractivity contribution in [1.29, 1.82) is 0 Å². The van der Waals surface area contributed by atoms with Crippen molar-refractivity contribution >= 4 is 29.4 Å². The molecule has 35 heavy (non-hydrogen) atoms. The molecule has 2 N–H and O–H groups in total. The number of esters is 1. The van der Waals surface area contributed by atoms with E-state index in [1.54, 1.807) is 36.4 Å². The molecule has 0 saturated heterocycles. The number of hydrogen-bond donors (Lipinski definition) is 1. The molecule has 0 unspecified atom stereocenters. The summed E-state index contributed by atoms with van der Waals surface area (Å²) >= 11 is 0. The zero-order valence-corrected chi connectivity index (χ0v) is 19.0. The molecule has 9 nitrogen and oxygen atoms in total. The average Bonchev–Trinajstić information content (AvgIpc) is 3.42. The first-order valence-electron chi connectivity index (χ1n) is 11.2. The van der Waals surface area contributed by atoms with Gasteiger partial charge in [-0.15, -0.1) is 0 Å². The number of nitrogens with two attached hydrogens (primary N) is 1. The van der Waals surface area contributed by atoms with Crippen LogP contribution in [0.5, 0.6) is 0 Å². The molecule has 0 bridgehead atoms. The Balaban J connectivity index is 1.49. The number of ether oxygens (including phenoxy) is 1. The van der Waals surface area contributed by atoms with Gasteiger partial charge in [0, 0.05) is 31.6 Å². The molecular formula is C26H25N3O6. The highest BCUT2D eigenvalue weighted by Crippen LogP contribution is 2.26. The molecule has 2 heterocycles. The van der Waals surface area contributed by atoms with Gasteiger partial charge < -0.3 is 24.7 Å². The van der Waals surface area contributed by atoms with Gasteiger partial charge in [-0.25, -0.2) is 4.79 Å². The fourth-order valence-electron chi connectivity index (χ4n) is 4.02. The highest BCUT2D eigenvalue weighted by Gasteiger charge is 2.37. The first-order chi connectivity index (χ1) is 16.9. The van der Waals surface area contributed by atoms with Gasteiger partial charge in [0.05, 0.1) is 6.26 Å². The molecule has 0 saturated carbocycles. The molecule has 3 aromatic rings. The maximum Gasteiger partial charge on any atom is 0.329 e. The van der Waals surface area contributed by atoms with E-state index in [9.17, 15) is 19.2 Å². The summed E-state index contributed by atoms with van der Waals surface area (Å²) in [5.41, 5.74) is 7.66. The highest BCUT2D eigenvalue weighted by atomic mass is 16.5. The van der Waals surface area contributed by atoms with Gasteiger partial charge in [0.25, 0.3) is 11.8 Å². The standard InChI is InChI=1S/C26H25N3O6/c27-23(30)12-13-28(20-9-2-1-3-10-20)24(31)17-35-26(33)21-15-18-7-4-5-8-19(18)16-29(21)25(32)22-11-6-14-34-22/h1-11,14,21H,12-13,15-17H2,(H2,27,30)/t21-/m0/s1. The van der Waals surface area contributed by atoms with E-state index >= 15 is 0 Å². The lowest BCUT2D eigenvalue weighted by molar-refractivity contribution is -0.153. The van der Waals surface area contributed by atoms with E-state index < -0.39 is 36.3 Å². The molecule has 0 spiro atoms. The predicted octanol–water partition coefficient (Wildman–Crippen LogP) is 2.30. The number of fused-ring (bicyclic) bond motifs is 1. The number of anilines is 1. The fraction of sp³-hybridized carbons (Fsp3) is 0.231. The number of para-hydroxylation sites is 1. The van der Waals surface area contributed by atoms with Crippen molar-refractivity contribution in [2.75, 3.05) is 18.1 Å². The Morgan fingerprint density at radius 2 is 1.69 bits per heavy atom. The first-order valence-corrected chi connectivity index (χ1v) is 11.2. The maximum atomic E-state index is 13.1. The molecule has 3 amide bonds. The number of carbonyl (C=O) groups is 4. The second kappa shape index (κ2) is 10.7. The largest absolute Gasteiger partial charge is 0.459 e. The number of hydrogen-bond acceptors (Lipinski definition) is 6. The van der Waals surface area contributed by atoms with Gasteiger partial charge in [0.2, 0.25) is 5.91 Å². The number of furan rings is 1. The average molecular weight is 476 g/mol. The Hall–Kier alpha value is -4.40. The second-order valence-electron chi connectivity index (χ2n) is 8.10. The van der Waals surface area contributed by atoms with Gasteiger partial charge >= 0.3 is 5.97 Å². The van der Waals surface area contributed by atoms with E-state index in [2.05, 4.69) is 0 Å². The molecule has 4 rings (SSSR count). The minimum Gasteiger partial charge on any atom is -0.459 e. The predicted molar refractivity (Wildman–Crippen MR) is 126 cm³/mol. The van der Waals surface area contributed by atoms with Crippen LogP contribution in [-0.4, -0.2) is 47.8 Å². The fourth-order valence-corrected chi connectivity index (χ4v) is 4.02. The topological polar surface area (TPSA) is 123 Å². The number of nitrogens with zero attached hydrogens (tertiary/aromatic N) is 2.